The molecule has 0 aromatic heterocycles. The summed E-state index contributed by atoms with van der Waals surface area (Å²) in [5, 5.41) is 9.01. The van der Waals surface area contributed by atoms with Gasteiger partial charge in [-0.2, -0.15) is 0 Å². The highest BCUT2D eigenvalue weighted by Crippen LogP contribution is 2.26. The molecule has 4 nitrogen and oxygen atoms in total. The minimum absolute atomic E-state index is 0.0531. The van der Waals surface area contributed by atoms with Crippen molar-refractivity contribution < 1.29 is 9.84 Å². The molecule has 2 aliphatic rings. The van der Waals surface area contributed by atoms with Crippen molar-refractivity contribution in [2.45, 2.75) is 31.8 Å². The SMILES string of the molecule is OCCOc1ccccc1CN1CCN(C2CCc3ccccc3C2)CC1. The second-order valence-corrected chi connectivity index (χ2v) is 7.66. The summed E-state index contributed by atoms with van der Waals surface area (Å²) in [6.07, 6.45) is 3.71. The molecule has 4 heteroatoms. The Morgan fingerprint density at radius 1 is 0.926 bits per heavy atom. The Morgan fingerprint density at radius 2 is 1.67 bits per heavy atom. The van der Waals surface area contributed by atoms with Crippen molar-refractivity contribution in [3.63, 3.8) is 0 Å². The Labute approximate surface area is 162 Å². The number of benzene rings is 2. The van der Waals surface area contributed by atoms with E-state index < -0.39 is 0 Å². The quantitative estimate of drug-likeness (QED) is 0.853. The minimum atomic E-state index is 0.0531. The lowest BCUT2D eigenvalue weighted by molar-refractivity contribution is 0.0849. The summed E-state index contributed by atoms with van der Waals surface area (Å²) in [6.45, 7) is 5.83. The van der Waals surface area contributed by atoms with Gasteiger partial charge in [-0.25, -0.2) is 0 Å². The molecule has 1 unspecified atom stereocenters. The standard InChI is InChI=1S/C23H30N2O2/c26-15-16-27-23-8-4-3-7-21(23)18-24-11-13-25(14-12-24)22-10-9-19-5-1-2-6-20(19)17-22/h1-8,22,26H,9-18H2. The Balaban J connectivity index is 1.31. The molecule has 1 heterocycles. The summed E-state index contributed by atoms with van der Waals surface area (Å²) < 4.78 is 5.69. The van der Waals surface area contributed by atoms with Crippen LogP contribution in [0, 0.1) is 0 Å². The van der Waals surface area contributed by atoms with E-state index in [1.165, 1.54) is 24.8 Å². The second-order valence-electron chi connectivity index (χ2n) is 7.66. The molecule has 0 amide bonds. The Hall–Kier alpha value is -1.88. The van der Waals surface area contributed by atoms with Gasteiger partial charge in [0.05, 0.1) is 6.61 Å². The first-order chi connectivity index (χ1) is 13.3. The molecule has 2 aromatic rings. The number of fused-ring (bicyclic) bond motifs is 1. The number of aliphatic hydroxyl groups is 1. The zero-order valence-electron chi connectivity index (χ0n) is 16.0. The van der Waals surface area contributed by atoms with Crippen LogP contribution in [0.25, 0.3) is 0 Å². The van der Waals surface area contributed by atoms with Crippen LogP contribution in [0.2, 0.25) is 0 Å². The lowest BCUT2D eigenvalue weighted by Crippen LogP contribution is -2.51. The molecule has 1 aliphatic carbocycles. The minimum Gasteiger partial charge on any atom is -0.491 e. The van der Waals surface area contributed by atoms with E-state index >= 15 is 0 Å². The van der Waals surface area contributed by atoms with Crippen LogP contribution in [0.1, 0.15) is 23.1 Å². The van der Waals surface area contributed by atoms with Gasteiger partial charge < -0.3 is 9.84 Å². The van der Waals surface area contributed by atoms with E-state index in [0.717, 1.165) is 38.5 Å². The van der Waals surface area contributed by atoms with Crippen molar-refractivity contribution in [1.29, 1.82) is 0 Å². The summed E-state index contributed by atoms with van der Waals surface area (Å²) in [7, 11) is 0. The van der Waals surface area contributed by atoms with Crippen molar-refractivity contribution >= 4 is 0 Å². The van der Waals surface area contributed by atoms with Crippen molar-refractivity contribution in [2.75, 3.05) is 39.4 Å². The number of rotatable bonds is 6. The van der Waals surface area contributed by atoms with Gasteiger partial charge in [-0.05, 0) is 36.5 Å². The molecule has 1 fully saturated rings. The molecule has 144 valence electrons. The highest BCUT2D eigenvalue weighted by molar-refractivity contribution is 5.33. The number of hydrogen-bond acceptors (Lipinski definition) is 4. The summed E-state index contributed by atoms with van der Waals surface area (Å²) in [5.74, 6) is 0.901. The van der Waals surface area contributed by atoms with Crippen LogP contribution < -0.4 is 4.74 Å². The Morgan fingerprint density at radius 3 is 2.48 bits per heavy atom. The van der Waals surface area contributed by atoms with Gasteiger partial charge in [0.1, 0.15) is 12.4 Å². The van der Waals surface area contributed by atoms with E-state index in [1.807, 2.05) is 12.1 Å². The second kappa shape index (κ2) is 8.87. The zero-order chi connectivity index (χ0) is 18.5. The van der Waals surface area contributed by atoms with E-state index in [-0.39, 0.29) is 6.61 Å². The maximum atomic E-state index is 9.01. The number of hydrogen-bond donors (Lipinski definition) is 1. The molecule has 0 bridgehead atoms. The Bertz CT molecular complexity index is 741. The summed E-state index contributed by atoms with van der Waals surface area (Å²) >= 11 is 0. The smallest absolute Gasteiger partial charge is 0.123 e. The first kappa shape index (κ1) is 18.5. The van der Waals surface area contributed by atoms with Gasteiger partial charge in [0.2, 0.25) is 0 Å². The fraction of sp³-hybridized carbons (Fsp3) is 0.478. The number of aryl methyl sites for hydroxylation is 1. The fourth-order valence-corrected chi connectivity index (χ4v) is 4.45. The first-order valence-electron chi connectivity index (χ1n) is 10.2. The highest BCUT2D eigenvalue weighted by Gasteiger charge is 2.27. The van der Waals surface area contributed by atoms with Gasteiger partial charge in [0, 0.05) is 44.3 Å². The maximum Gasteiger partial charge on any atom is 0.123 e. The third-order valence-corrected chi connectivity index (χ3v) is 5.96. The van der Waals surface area contributed by atoms with Crippen molar-refractivity contribution in [1.82, 2.24) is 9.80 Å². The van der Waals surface area contributed by atoms with Crippen LogP contribution >= 0.6 is 0 Å². The van der Waals surface area contributed by atoms with E-state index in [9.17, 15) is 0 Å². The van der Waals surface area contributed by atoms with E-state index in [1.54, 1.807) is 11.1 Å². The third-order valence-electron chi connectivity index (χ3n) is 5.96. The van der Waals surface area contributed by atoms with Crippen LogP contribution in [0.5, 0.6) is 5.75 Å². The molecule has 0 spiro atoms. The van der Waals surface area contributed by atoms with Crippen molar-refractivity contribution in [2.24, 2.45) is 0 Å². The molecule has 0 saturated carbocycles. The molecular formula is C23H30N2O2. The van der Waals surface area contributed by atoms with Gasteiger partial charge in [0.15, 0.2) is 0 Å². The number of piperazine rings is 1. The molecule has 1 N–H and O–H groups in total. The molecule has 2 aromatic carbocycles. The molecule has 1 atom stereocenters. The van der Waals surface area contributed by atoms with E-state index in [4.69, 9.17) is 9.84 Å². The largest absolute Gasteiger partial charge is 0.491 e. The average molecular weight is 367 g/mol. The average Bonchev–Trinajstić information content (AvgIpc) is 2.73. The lowest BCUT2D eigenvalue weighted by Gasteiger charge is -2.41. The topological polar surface area (TPSA) is 35.9 Å². The maximum absolute atomic E-state index is 9.01. The molecule has 1 saturated heterocycles. The monoisotopic (exact) mass is 366 g/mol. The first-order valence-corrected chi connectivity index (χ1v) is 10.2. The van der Waals surface area contributed by atoms with Gasteiger partial charge in [-0.3, -0.25) is 9.80 Å². The number of para-hydroxylation sites is 1. The van der Waals surface area contributed by atoms with Gasteiger partial charge in [-0.15, -0.1) is 0 Å². The number of nitrogens with zero attached hydrogens (tertiary/aromatic N) is 2. The number of ether oxygens (including phenoxy) is 1. The van der Waals surface area contributed by atoms with Gasteiger partial charge in [-0.1, -0.05) is 42.5 Å². The summed E-state index contributed by atoms with van der Waals surface area (Å²) in [6, 6.07) is 17.8. The van der Waals surface area contributed by atoms with Crippen LogP contribution in [0.4, 0.5) is 0 Å². The normalized spacial score (nSPS) is 21.0. The Kier molecular flexibility index (Phi) is 6.07. The predicted molar refractivity (Wildman–Crippen MR) is 108 cm³/mol. The van der Waals surface area contributed by atoms with Crippen LogP contribution in [0.3, 0.4) is 0 Å². The van der Waals surface area contributed by atoms with E-state index in [0.29, 0.717) is 12.6 Å². The summed E-state index contributed by atoms with van der Waals surface area (Å²) in [5.41, 5.74) is 4.31. The third kappa shape index (κ3) is 4.52. The molecule has 27 heavy (non-hydrogen) atoms. The highest BCUT2D eigenvalue weighted by atomic mass is 16.5. The molecule has 4 rings (SSSR count). The fourth-order valence-electron chi connectivity index (χ4n) is 4.45. The zero-order valence-corrected chi connectivity index (χ0v) is 16.0. The number of aliphatic hydroxyl groups excluding tert-OH is 1. The lowest BCUT2D eigenvalue weighted by atomic mass is 9.87. The molecule has 0 radical (unpaired) electrons. The van der Waals surface area contributed by atoms with Crippen molar-refractivity contribution in [3.8, 4) is 5.75 Å². The van der Waals surface area contributed by atoms with Gasteiger partial charge >= 0.3 is 0 Å². The van der Waals surface area contributed by atoms with Gasteiger partial charge in [0.25, 0.3) is 0 Å². The van der Waals surface area contributed by atoms with Crippen LogP contribution in [-0.2, 0) is 19.4 Å². The van der Waals surface area contributed by atoms with Crippen molar-refractivity contribution in [3.05, 3.63) is 65.2 Å². The van der Waals surface area contributed by atoms with Crippen LogP contribution in [0.15, 0.2) is 48.5 Å². The van der Waals surface area contributed by atoms with E-state index in [2.05, 4.69) is 46.2 Å². The predicted octanol–water partition coefficient (Wildman–Crippen LogP) is 2.73. The molecule has 1 aliphatic heterocycles. The molecular weight excluding hydrogens is 336 g/mol. The summed E-state index contributed by atoms with van der Waals surface area (Å²) in [4.78, 5) is 5.22. The van der Waals surface area contributed by atoms with Crippen LogP contribution in [-0.4, -0.2) is 60.3 Å².